The second kappa shape index (κ2) is 11.3. The molecular formula is C33H30F4O4. The number of esters is 1. The molecule has 6 rings (SSSR count). The lowest BCUT2D eigenvalue weighted by molar-refractivity contribution is 0.0129. The van der Waals surface area contributed by atoms with Gasteiger partial charge in [-0.25, -0.2) is 18.0 Å². The highest BCUT2D eigenvalue weighted by molar-refractivity contribution is 5.90. The van der Waals surface area contributed by atoms with Crippen molar-refractivity contribution in [2.45, 2.75) is 57.2 Å². The third-order valence-electron chi connectivity index (χ3n) is 8.74. The highest BCUT2D eigenvalue weighted by Gasteiger charge is 2.33. The van der Waals surface area contributed by atoms with Crippen LogP contribution in [0.1, 0.15) is 72.5 Å². The summed E-state index contributed by atoms with van der Waals surface area (Å²) in [6.07, 6.45) is 7.32. The van der Waals surface area contributed by atoms with E-state index in [0.29, 0.717) is 41.6 Å². The molecule has 214 valence electrons. The number of hydrogen-bond donors (Lipinski definition) is 1. The molecule has 1 saturated heterocycles. The number of phenols is 1. The Bertz CT molecular complexity index is 1490. The van der Waals surface area contributed by atoms with Crippen LogP contribution in [0.3, 0.4) is 0 Å². The molecule has 0 amide bonds. The molecule has 0 radical (unpaired) electrons. The maximum absolute atomic E-state index is 14.7. The number of carbonyl (C=O) groups excluding carboxylic acids is 1. The molecule has 41 heavy (non-hydrogen) atoms. The molecule has 8 heteroatoms. The fourth-order valence-electron chi connectivity index (χ4n) is 6.26. The molecule has 3 aromatic carbocycles. The number of halogens is 4. The van der Waals surface area contributed by atoms with Gasteiger partial charge >= 0.3 is 5.97 Å². The Labute approximate surface area is 235 Å². The van der Waals surface area contributed by atoms with Gasteiger partial charge < -0.3 is 14.6 Å². The first-order chi connectivity index (χ1) is 19.8. The fraction of sp³-hybridized carbons (Fsp3) is 0.364. The number of ether oxygens (including phenoxy) is 2. The molecule has 2 atom stereocenters. The molecule has 1 heterocycles. The summed E-state index contributed by atoms with van der Waals surface area (Å²) in [6.45, 7) is 0.433. The summed E-state index contributed by atoms with van der Waals surface area (Å²) >= 11 is 0. The van der Waals surface area contributed by atoms with E-state index < -0.39 is 35.0 Å². The van der Waals surface area contributed by atoms with Crippen LogP contribution in [0.25, 0.3) is 16.7 Å². The standard InChI is InChI=1S/C33H30F4O4/c34-29-24(13-14-26(31(29)36)28-17-40-28)20-3-1-18(2-4-20)19-9-11-23(12-10-19)41-33(39)22-7-5-21(6-8-22)25-15-16-27(38)32(37)30(25)35/h3,5-8,13-16,18-19,23,28,38H,1-2,4,9-12,17H2. The number of epoxide rings is 1. The van der Waals surface area contributed by atoms with Gasteiger partial charge in [0.05, 0.1) is 12.2 Å². The van der Waals surface area contributed by atoms with Gasteiger partial charge in [0.15, 0.2) is 23.2 Å². The van der Waals surface area contributed by atoms with E-state index in [1.54, 1.807) is 12.1 Å². The highest BCUT2D eigenvalue weighted by atomic mass is 19.2. The Morgan fingerprint density at radius 2 is 1.46 bits per heavy atom. The first kappa shape index (κ1) is 27.5. The number of rotatable bonds is 6. The van der Waals surface area contributed by atoms with Gasteiger partial charge in [0.1, 0.15) is 12.2 Å². The van der Waals surface area contributed by atoms with Crippen molar-refractivity contribution in [3.63, 3.8) is 0 Å². The largest absolute Gasteiger partial charge is 0.505 e. The molecule has 3 aliphatic rings. The van der Waals surface area contributed by atoms with Gasteiger partial charge in [0.2, 0.25) is 5.82 Å². The summed E-state index contributed by atoms with van der Waals surface area (Å²) in [7, 11) is 0. The summed E-state index contributed by atoms with van der Waals surface area (Å²) in [5.74, 6) is -4.34. The highest BCUT2D eigenvalue weighted by Crippen LogP contribution is 2.42. The lowest BCUT2D eigenvalue weighted by atomic mass is 9.72. The summed E-state index contributed by atoms with van der Waals surface area (Å²) < 4.78 is 68.0. The summed E-state index contributed by atoms with van der Waals surface area (Å²) in [5, 5.41) is 9.32. The third-order valence-corrected chi connectivity index (χ3v) is 8.74. The fourth-order valence-corrected chi connectivity index (χ4v) is 6.26. The second-order valence-electron chi connectivity index (χ2n) is 11.2. The van der Waals surface area contributed by atoms with Crippen LogP contribution in [-0.4, -0.2) is 23.8 Å². The van der Waals surface area contributed by atoms with Gasteiger partial charge in [-0.15, -0.1) is 0 Å². The Morgan fingerprint density at radius 3 is 2.12 bits per heavy atom. The van der Waals surface area contributed by atoms with Gasteiger partial charge in [-0.1, -0.05) is 30.3 Å². The van der Waals surface area contributed by atoms with Crippen LogP contribution < -0.4 is 0 Å². The maximum atomic E-state index is 14.7. The van der Waals surface area contributed by atoms with Crippen LogP contribution in [-0.2, 0) is 9.47 Å². The smallest absolute Gasteiger partial charge is 0.338 e. The molecule has 1 aliphatic heterocycles. The van der Waals surface area contributed by atoms with E-state index in [2.05, 4.69) is 0 Å². The van der Waals surface area contributed by atoms with Crippen molar-refractivity contribution >= 4 is 11.5 Å². The number of phenolic OH excluding ortho intramolecular Hbond substituents is 1. The van der Waals surface area contributed by atoms with Crippen LogP contribution >= 0.6 is 0 Å². The number of hydrogen-bond acceptors (Lipinski definition) is 4. The van der Waals surface area contributed by atoms with Gasteiger partial charge in [0, 0.05) is 16.7 Å². The lowest BCUT2D eigenvalue weighted by Crippen LogP contribution is -2.28. The van der Waals surface area contributed by atoms with Crippen molar-refractivity contribution in [1.82, 2.24) is 0 Å². The topological polar surface area (TPSA) is 59.1 Å². The first-order valence-electron chi connectivity index (χ1n) is 14.1. The zero-order valence-corrected chi connectivity index (χ0v) is 22.3. The molecular weight excluding hydrogens is 536 g/mol. The molecule has 4 nitrogen and oxygen atoms in total. The normalized spacial score (nSPS) is 24.0. The number of carbonyl (C=O) groups is 1. The molecule has 0 spiro atoms. The van der Waals surface area contributed by atoms with Gasteiger partial charge in [0.25, 0.3) is 0 Å². The predicted molar refractivity (Wildman–Crippen MR) is 145 cm³/mol. The van der Waals surface area contributed by atoms with Gasteiger partial charge in [-0.3, -0.25) is 0 Å². The Morgan fingerprint density at radius 1 is 0.780 bits per heavy atom. The molecule has 3 aromatic rings. The average Bonchev–Trinajstić information content (AvgIpc) is 3.84. The Kier molecular flexibility index (Phi) is 7.60. The average molecular weight is 567 g/mol. The molecule has 2 aliphatic carbocycles. The summed E-state index contributed by atoms with van der Waals surface area (Å²) in [5.41, 5.74) is 2.17. The molecule has 1 saturated carbocycles. The van der Waals surface area contributed by atoms with Gasteiger partial charge in [-0.2, -0.15) is 4.39 Å². The van der Waals surface area contributed by atoms with Crippen molar-refractivity contribution in [2.75, 3.05) is 6.61 Å². The van der Waals surface area contributed by atoms with E-state index in [0.717, 1.165) is 50.2 Å². The molecule has 0 bridgehead atoms. The van der Waals surface area contributed by atoms with Crippen LogP contribution in [0, 0.1) is 35.1 Å². The summed E-state index contributed by atoms with van der Waals surface area (Å²) in [6, 6.07) is 11.7. The quantitative estimate of drug-likeness (QED) is 0.185. The third kappa shape index (κ3) is 5.62. The molecule has 2 fully saturated rings. The van der Waals surface area contributed by atoms with Crippen LogP contribution in [0.2, 0.25) is 0 Å². The predicted octanol–water partition coefficient (Wildman–Crippen LogP) is 8.29. The van der Waals surface area contributed by atoms with Crippen molar-refractivity contribution in [2.24, 2.45) is 11.8 Å². The SMILES string of the molecule is O=C(OC1CCC(C2CC=C(c3ccc(C4CO4)c(F)c3F)CC2)CC1)c1ccc(-c2ccc(O)c(F)c2F)cc1. The van der Waals surface area contributed by atoms with E-state index >= 15 is 0 Å². The van der Waals surface area contributed by atoms with Crippen LogP contribution in [0.15, 0.2) is 54.6 Å². The Hall–Kier alpha value is -3.65. The summed E-state index contributed by atoms with van der Waals surface area (Å²) in [4.78, 5) is 12.7. The molecule has 0 aromatic heterocycles. The zero-order valence-electron chi connectivity index (χ0n) is 22.3. The minimum atomic E-state index is -1.31. The van der Waals surface area contributed by atoms with Crippen molar-refractivity contribution in [3.05, 3.63) is 94.6 Å². The van der Waals surface area contributed by atoms with E-state index in [-0.39, 0.29) is 23.3 Å². The zero-order chi connectivity index (χ0) is 28.7. The second-order valence-corrected chi connectivity index (χ2v) is 11.2. The van der Waals surface area contributed by atoms with E-state index in [4.69, 9.17) is 9.47 Å². The maximum Gasteiger partial charge on any atom is 0.338 e. The van der Waals surface area contributed by atoms with Crippen molar-refractivity contribution in [3.8, 4) is 16.9 Å². The molecule has 2 unspecified atom stereocenters. The van der Waals surface area contributed by atoms with Crippen molar-refractivity contribution < 1.29 is 36.9 Å². The Balaban J connectivity index is 1.01. The van der Waals surface area contributed by atoms with Crippen LogP contribution in [0.5, 0.6) is 5.75 Å². The first-order valence-corrected chi connectivity index (χ1v) is 14.1. The lowest BCUT2D eigenvalue weighted by Gasteiger charge is -2.35. The number of benzene rings is 3. The minimum absolute atomic E-state index is 0.0119. The van der Waals surface area contributed by atoms with Crippen LogP contribution in [0.4, 0.5) is 17.6 Å². The number of allylic oxidation sites excluding steroid dienone is 2. The van der Waals surface area contributed by atoms with Crippen molar-refractivity contribution in [1.29, 1.82) is 0 Å². The van der Waals surface area contributed by atoms with E-state index in [1.807, 2.05) is 6.08 Å². The van der Waals surface area contributed by atoms with E-state index in [1.165, 1.54) is 30.3 Å². The molecule has 1 N–H and O–H groups in total. The van der Waals surface area contributed by atoms with Gasteiger partial charge in [-0.05, 0) is 92.2 Å². The minimum Gasteiger partial charge on any atom is -0.505 e. The number of aromatic hydroxyl groups is 1. The van der Waals surface area contributed by atoms with E-state index in [9.17, 15) is 27.5 Å². The monoisotopic (exact) mass is 566 g/mol.